The zero-order valence-corrected chi connectivity index (χ0v) is 14.5. The van der Waals surface area contributed by atoms with Gasteiger partial charge < -0.3 is 5.73 Å². The topological polar surface area (TPSA) is 26.0 Å². The fraction of sp³-hybridized carbons (Fsp3) is 0.700. The van der Waals surface area contributed by atoms with Crippen LogP contribution in [0, 0.1) is 13.8 Å². The minimum Gasteiger partial charge on any atom is -0.324 e. The summed E-state index contributed by atoms with van der Waals surface area (Å²) in [5, 5.41) is 0. The molecule has 1 aromatic rings. The van der Waals surface area contributed by atoms with Crippen LogP contribution in [0.3, 0.4) is 0 Å². The molecule has 1 atom stereocenters. The van der Waals surface area contributed by atoms with Crippen molar-refractivity contribution in [3.8, 4) is 0 Å². The molecular formula is C20H35N. The van der Waals surface area contributed by atoms with Gasteiger partial charge in [0.1, 0.15) is 0 Å². The smallest absolute Gasteiger partial charge is 0.0297 e. The second-order valence-corrected chi connectivity index (χ2v) is 6.51. The Hall–Kier alpha value is -0.820. The van der Waals surface area contributed by atoms with Crippen molar-refractivity contribution in [2.24, 2.45) is 5.73 Å². The normalized spacial score (nSPS) is 12.6. The zero-order valence-electron chi connectivity index (χ0n) is 14.5. The van der Waals surface area contributed by atoms with Crippen LogP contribution in [-0.2, 0) is 0 Å². The number of hydrogen-bond acceptors (Lipinski definition) is 1. The van der Waals surface area contributed by atoms with E-state index >= 15 is 0 Å². The largest absolute Gasteiger partial charge is 0.324 e. The van der Waals surface area contributed by atoms with E-state index in [0.29, 0.717) is 0 Å². The lowest BCUT2D eigenvalue weighted by Crippen LogP contribution is -2.12. The van der Waals surface area contributed by atoms with Crippen molar-refractivity contribution < 1.29 is 0 Å². The van der Waals surface area contributed by atoms with Crippen molar-refractivity contribution in [2.45, 2.75) is 91.0 Å². The third-order valence-electron chi connectivity index (χ3n) is 4.66. The summed E-state index contributed by atoms with van der Waals surface area (Å²) < 4.78 is 0. The molecule has 0 saturated heterocycles. The first kappa shape index (κ1) is 18.2. The number of rotatable bonds is 11. The maximum atomic E-state index is 6.36. The van der Waals surface area contributed by atoms with Gasteiger partial charge in [-0.3, -0.25) is 0 Å². The predicted octanol–water partition coefficient (Wildman–Crippen LogP) is 6.22. The Bertz CT molecular complexity index is 383. The molecule has 0 aliphatic heterocycles. The second kappa shape index (κ2) is 10.8. The Morgan fingerprint density at radius 2 is 1.43 bits per heavy atom. The van der Waals surface area contributed by atoms with E-state index in [1.807, 2.05) is 0 Å². The van der Waals surface area contributed by atoms with Gasteiger partial charge in [-0.25, -0.2) is 0 Å². The Kier molecular flexibility index (Phi) is 9.41. The van der Waals surface area contributed by atoms with Gasteiger partial charge in [0, 0.05) is 6.04 Å². The number of aryl methyl sites for hydroxylation is 1. The Morgan fingerprint density at radius 3 is 2.05 bits per heavy atom. The maximum absolute atomic E-state index is 6.36. The third-order valence-corrected chi connectivity index (χ3v) is 4.66. The first-order valence-corrected chi connectivity index (χ1v) is 8.98. The van der Waals surface area contributed by atoms with E-state index in [4.69, 9.17) is 5.73 Å². The molecule has 2 N–H and O–H groups in total. The van der Waals surface area contributed by atoms with Gasteiger partial charge in [0.05, 0.1) is 0 Å². The molecule has 120 valence electrons. The molecule has 0 amide bonds. The fourth-order valence-electron chi connectivity index (χ4n) is 3.01. The summed E-state index contributed by atoms with van der Waals surface area (Å²) in [7, 11) is 0. The standard InChI is InChI=1S/C20H35N/c1-4-5-6-7-8-9-10-11-12-16-20(21)19-15-13-14-17(2)18(19)3/h13-15,20H,4-12,16,21H2,1-3H3. The van der Waals surface area contributed by atoms with E-state index in [1.165, 1.54) is 74.5 Å². The highest BCUT2D eigenvalue weighted by atomic mass is 14.6. The molecule has 1 unspecified atom stereocenters. The maximum Gasteiger partial charge on any atom is 0.0297 e. The van der Waals surface area contributed by atoms with E-state index in [2.05, 4.69) is 39.0 Å². The van der Waals surface area contributed by atoms with Gasteiger partial charge in [0.25, 0.3) is 0 Å². The average molecular weight is 290 g/mol. The van der Waals surface area contributed by atoms with Crippen molar-refractivity contribution >= 4 is 0 Å². The molecule has 1 heteroatoms. The molecule has 0 fully saturated rings. The summed E-state index contributed by atoms with van der Waals surface area (Å²) in [6.45, 7) is 6.64. The van der Waals surface area contributed by atoms with E-state index in [-0.39, 0.29) is 6.04 Å². The van der Waals surface area contributed by atoms with E-state index in [0.717, 1.165) is 6.42 Å². The van der Waals surface area contributed by atoms with Crippen LogP contribution in [0.5, 0.6) is 0 Å². The second-order valence-electron chi connectivity index (χ2n) is 6.51. The summed E-state index contributed by atoms with van der Waals surface area (Å²) >= 11 is 0. The lowest BCUT2D eigenvalue weighted by Gasteiger charge is -2.16. The van der Waals surface area contributed by atoms with E-state index in [9.17, 15) is 0 Å². The van der Waals surface area contributed by atoms with Crippen LogP contribution in [-0.4, -0.2) is 0 Å². The zero-order chi connectivity index (χ0) is 15.5. The number of unbranched alkanes of at least 4 members (excludes halogenated alkanes) is 8. The summed E-state index contributed by atoms with van der Waals surface area (Å²) in [6, 6.07) is 6.72. The van der Waals surface area contributed by atoms with Crippen molar-refractivity contribution in [3.05, 3.63) is 34.9 Å². The highest BCUT2D eigenvalue weighted by Crippen LogP contribution is 2.23. The first-order chi connectivity index (χ1) is 10.2. The molecule has 1 rings (SSSR count). The quantitative estimate of drug-likeness (QED) is 0.480. The van der Waals surface area contributed by atoms with Crippen LogP contribution in [0.25, 0.3) is 0 Å². The van der Waals surface area contributed by atoms with Crippen molar-refractivity contribution in [3.63, 3.8) is 0 Å². The molecule has 0 saturated carbocycles. The Labute approximate surface area is 132 Å². The van der Waals surface area contributed by atoms with Crippen LogP contribution < -0.4 is 5.73 Å². The van der Waals surface area contributed by atoms with Crippen molar-refractivity contribution in [1.82, 2.24) is 0 Å². The molecule has 0 radical (unpaired) electrons. The minimum absolute atomic E-state index is 0.217. The van der Waals surface area contributed by atoms with Gasteiger partial charge in [0.15, 0.2) is 0 Å². The molecule has 0 bridgehead atoms. The lowest BCUT2D eigenvalue weighted by molar-refractivity contribution is 0.531. The summed E-state index contributed by atoms with van der Waals surface area (Å²) in [5.41, 5.74) is 10.4. The molecule has 21 heavy (non-hydrogen) atoms. The van der Waals surface area contributed by atoms with Gasteiger partial charge in [-0.1, -0.05) is 82.9 Å². The van der Waals surface area contributed by atoms with Crippen molar-refractivity contribution in [1.29, 1.82) is 0 Å². The van der Waals surface area contributed by atoms with E-state index < -0.39 is 0 Å². The molecule has 0 aliphatic rings. The Balaban J connectivity index is 2.11. The fourth-order valence-corrected chi connectivity index (χ4v) is 3.01. The molecule has 0 aliphatic carbocycles. The van der Waals surface area contributed by atoms with Crippen molar-refractivity contribution in [2.75, 3.05) is 0 Å². The number of benzene rings is 1. The number of nitrogens with two attached hydrogens (primary N) is 1. The van der Waals surface area contributed by atoms with Gasteiger partial charge in [-0.2, -0.15) is 0 Å². The predicted molar refractivity (Wildman–Crippen MR) is 94.7 cm³/mol. The average Bonchev–Trinajstić information content (AvgIpc) is 2.48. The third kappa shape index (κ3) is 7.13. The summed E-state index contributed by atoms with van der Waals surface area (Å²) in [4.78, 5) is 0. The SMILES string of the molecule is CCCCCCCCCCCC(N)c1cccc(C)c1C. The van der Waals surface area contributed by atoms with Crippen LogP contribution >= 0.6 is 0 Å². The van der Waals surface area contributed by atoms with E-state index in [1.54, 1.807) is 0 Å². The van der Waals surface area contributed by atoms with Crippen LogP contribution in [0.15, 0.2) is 18.2 Å². The molecule has 1 aromatic carbocycles. The molecule has 0 heterocycles. The van der Waals surface area contributed by atoms with Crippen LogP contribution in [0.2, 0.25) is 0 Å². The van der Waals surface area contributed by atoms with Crippen LogP contribution in [0.4, 0.5) is 0 Å². The summed E-state index contributed by atoms with van der Waals surface area (Å²) in [5.74, 6) is 0. The number of hydrogen-bond donors (Lipinski definition) is 1. The van der Waals surface area contributed by atoms with Gasteiger partial charge >= 0.3 is 0 Å². The lowest BCUT2D eigenvalue weighted by atomic mass is 9.94. The molecule has 0 aromatic heterocycles. The molecular weight excluding hydrogens is 254 g/mol. The first-order valence-electron chi connectivity index (χ1n) is 8.98. The van der Waals surface area contributed by atoms with Gasteiger partial charge in [-0.15, -0.1) is 0 Å². The van der Waals surface area contributed by atoms with Crippen LogP contribution in [0.1, 0.15) is 93.9 Å². The summed E-state index contributed by atoms with van der Waals surface area (Å²) in [6.07, 6.45) is 13.5. The molecule has 0 spiro atoms. The highest BCUT2D eigenvalue weighted by molar-refractivity contribution is 5.35. The Morgan fingerprint density at radius 1 is 0.857 bits per heavy atom. The van der Waals surface area contributed by atoms with Gasteiger partial charge in [-0.05, 0) is 37.0 Å². The monoisotopic (exact) mass is 289 g/mol. The molecule has 1 nitrogen and oxygen atoms in total. The minimum atomic E-state index is 0.217. The highest BCUT2D eigenvalue weighted by Gasteiger charge is 2.09. The van der Waals surface area contributed by atoms with Gasteiger partial charge in [0.2, 0.25) is 0 Å².